The van der Waals surface area contributed by atoms with E-state index in [0.717, 1.165) is 29.4 Å². The average Bonchev–Trinajstić information content (AvgIpc) is 2.53. The van der Waals surface area contributed by atoms with Crippen molar-refractivity contribution in [2.75, 3.05) is 6.54 Å². The molecule has 2 aromatic carbocycles. The summed E-state index contributed by atoms with van der Waals surface area (Å²) in [5.41, 5.74) is 4.17. The van der Waals surface area contributed by atoms with E-state index in [4.69, 9.17) is 0 Å². The molecule has 0 aliphatic carbocycles. The molecule has 2 N–H and O–H groups in total. The highest BCUT2D eigenvalue weighted by Gasteiger charge is 2.03. The summed E-state index contributed by atoms with van der Waals surface area (Å²) in [6.45, 7) is 3.50. The molecule has 0 saturated carbocycles. The smallest absolute Gasteiger partial charge is 0.252 e. The highest BCUT2D eigenvalue weighted by Crippen LogP contribution is 2.13. The van der Waals surface area contributed by atoms with Crippen molar-refractivity contribution in [1.29, 1.82) is 0 Å². The number of nitrogens with one attached hydrogen (secondary N) is 2. The molecule has 0 spiro atoms. The van der Waals surface area contributed by atoms with Gasteiger partial charge in [-0.25, -0.2) is 0 Å². The molecule has 3 rings (SSSR count). The molecule has 3 aromatic rings. The number of hydrogen-bond donors (Lipinski definition) is 2. The molecule has 0 amide bonds. The molecule has 112 valence electrons. The van der Waals surface area contributed by atoms with E-state index in [-0.39, 0.29) is 5.56 Å². The molecular weight excluding hydrogens is 272 g/mol. The third-order valence-electron chi connectivity index (χ3n) is 3.83. The van der Waals surface area contributed by atoms with Gasteiger partial charge >= 0.3 is 0 Å². The van der Waals surface area contributed by atoms with Gasteiger partial charge in [0.2, 0.25) is 0 Å². The first-order valence-corrected chi connectivity index (χ1v) is 7.59. The number of aromatic nitrogens is 1. The van der Waals surface area contributed by atoms with E-state index in [1.807, 2.05) is 36.4 Å². The molecule has 0 unspecified atom stereocenters. The summed E-state index contributed by atoms with van der Waals surface area (Å²) in [6, 6.07) is 18.4. The minimum Gasteiger partial charge on any atom is -0.322 e. The number of aryl methyl sites for hydroxylation is 1. The van der Waals surface area contributed by atoms with Gasteiger partial charge in [-0.15, -0.1) is 0 Å². The van der Waals surface area contributed by atoms with Gasteiger partial charge in [0.1, 0.15) is 0 Å². The van der Waals surface area contributed by atoms with Crippen LogP contribution in [0, 0.1) is 6.92 Å². The average molecular weight is 292 g/mol. The van der Waals surface area contributed by atoms with Crippen molar-refractivity contribution in [1.82, 2.24) is 10.3 Å². The molecule has 1 aromatic heterocycles. The zero-order chi connectivity index (χ0) is 15.4. The van der Waals surface area contributed by atoms with Gasteiger partial charge in [0.05, 0.1) is 0 Å². The minimum atomic E-state index is -0.0106. The van der Waals surface area contributed by atoms with Crippen LogP contribution in [0.3, 0.4) is 0 Å². The second kappa shape index (κ2) is 6.58. The number of pyridine rings is 1. The lowest BCUT2D eigenvalue weighted by Gasteiger charge is -2.06. The predicted octanol–water partition coefficient (Wildman–Crippen LogP) is 3.17. The lowest BCUT2D eigenvalue weighted by atomic mass is 10.1. The van der Waals surface area contributed by atoms with Crippen molar-refractivity contribution < 1.29 is 0 Å². The Balaban J connectivity index is 1.66. The molecular formula is C19H20N2O. The SMILES string of the molecule is Cc1ccc2[nH]c(=O)c(CNCCc3ccccc3)cc2c1. The first-order chi connectivity index (χ1) is 10.7. The summed E-state index contributed by atoms with van der Waals surface area (Å²) >= 11 is 0. The van der Waals surface area contributed by atoms with Crippen LogP contribution in [0.1, 0.15) is 16.7 Å². The van der Waals surface area contributed by atoms with Crippen molar-refractivity contribution in [3.8, 4) is 0 Å². The van der Waals surface area contributed by atoms with Crippen molar-refractivity contribution >= 4 is 10.9 Å². The normalized spacial score (nSPS) is 11.0. The number of aromatic amines is 1. The molecule has 0 bridgehead atoms. The Kier molecular flexibility index (Phi) is 4.35. The number of rotatable bonds is 5. The van der Waals surface area contributed by atoms with E-state index in [0.29, 0.717) is 6.54 Å². The molecule has 22 heavy (non-hydrogen) atoms. The third kappa shape index (κ3) is 3.43. The van der Waals surface area contributed by atoms with Crippen LogP contribution in [0.25, 0.3) is 10.9 Å². The number of benzene rings is 2. The Morgan fingerprint density at radius 2 is 1.86 bits per heavy atom. The second-order valence-electron chi connectivity index (χ2n) is 5.63. The molecule has 0 aliphatic rings. The molecule has 3 heteroatoms. The van der Waals surface area contributed by atoms with Crippen LogP contribution in [-0.2, 0) is 13.0 Å². The van der Waals surface area contributed by atoms with Gasteiger partial charge in [-0.2, -0.15) is 0 Å². The highest BCUT2D eigenvalue weighted by atomic mass is 16.1. The lowest BCUT2D eigenvalue weighted by molar-refractivity contribution is 0.683. The summed E-state index contributed by atoms with van der Waals surface area (Å²) in [5.74, 6) is 0. The van der Waals surface area contributed by atoms with Crippen LogP contribution < -0.4 is 10.9 Å². The van der Waals surface area contributed by atoms with Crippen molar-refractivity contribution in [3.63, 3.8) is 0 Å². The molecule has 0 saturated heterocycles. The molecule has 0 aliphatic heterocycles. The van der Waals surface area contributed by atoms with Gasteiger partial charge in [-0.05, 0) is 49.0 Å². The molecule has 0 atom stereocenters. The van der Waals surface area contributed by atoms with Gasteiger partial charge in [-0.3, -0.25) is 4.79 Å². The predicted molar refractivity (Wildman–Crippen MR) is 91.2 cm³/mol. The molecule has 3 nitrogen and oxygen atoms in total. The van der Waals surface area contributed by atoms with Crippen molar-refractivity contribution in [3.05, 3.63) is 81.6 Å². The first kappa shape index (κ1) is 14.5. The summed E-state index contributed by atoms with van der Waals surface area (Å²) in [4.78, 5) is 15.0. The fraction of sp³-hybridized carbons (Fsp3) is 0.211. The van der Waals surface area contributed by atoms with Crippen LogP contribution in [0.2, 0.25) is 0 Å². The van der Waals surface area contributed by atoms with Crippen LogP contribution in [0.4, 0.5) is 0 Å². The van der Waals surface area contributed by atoms with E-state index < -0.39 is 0 Å². The molecule has 0 radical (unpaired) electrons. The second-order valence-corrected chi connectivity index (χ2v) is 5.63. The fourth-order valence-corrected chi connectivity index (χ4v) is 2.60. The van der Waals surface area contributed by atoms with Gasteiger partial charge in [-0.1, -0.05) is 42.0 Å². The lowest BCUT2D eigenvalue weighted by Crippen LogP contribution is -2.22. The maximum atomic E-state index is 12.1. The number of hydrogen-bond acceptors (Lipinski definition) is 2. The van der Waals surface area contributed by atoms with Gasteiger partial charge in [0.25, 0.3) is 5.56 Å². The minimum absolute atomic E-state index is 0.0106. The van der Waals surface area contributed by atoms with Gasteiger partial charge in [0, 0.05) is 17.6 Å². The summed E-state index contributed by atoms with van der Waals surface area (Å²) in [5, 5.41) is 4.43. The fourth-order valence-electron chi connectivity index (χ4n) is 2.60. The maximum Gasteiger partial charge on any atom is 0.252 e. The van der Waals surface area contributed by atoms with Crippen LogP contribution in [0.5, 0.6) is 0 Å². The topological polar surface area (TPSA) is 44.9 Å². The van der Waals surface area contributed by atoms with Gasteiger partial charge < -0.3 is 10.3 Å². The summed E-state index contributed by atoms with van der Waals surface area (Å²) in [7, 11) is 0. The largest absolute Gasteiger partial charge is 0.322 e. The van der Waals surface area contributed by atoms with E-state index in [1.165, 1.54) is 11.1 Å². The monoisotopic (exact) mass is 292 g/mol. The Morgan fingerprint density at radius 3 is 2.68 bits per heavy atom. The van der Waals surface area contributed by atoms with E-state index in [2.05, 4.69) is 35.4 Å². The van der Waals surface area contributed by atoms with Crippen LogP contribution >= 0.6 is 0 Å². The zero-order valence-electron chi connectivity index (χ0n) is 12.7. The van der Waals surface area contributed by atoms with E-state index in [9.17, 15) is 4.79 Å². The Morgan fingerprint density at radius 1 is 1.05 bits per heavy atom. The quantitative estimate of drug-likeness (QED) is 0.709. The Hall–Kier alpha value is -2.39. The first-order valence-electron chi connectivity index (χ1n) is 7.59. The van der Waals surface area contributed by atoms with E-state index >= 15 is 0 Å². The molecule has 1 heterocycles. The van der Waals surface area contributed by atoms with Crippen molar-refractivity contribution in [2.24, 2.45) is 0 Å². The van der Waals surface area contributed by atoms with Crippen molar-refractivity contribution in [2.45, 2.75) is 19.9 Å². The maximum absolute atomic E-state index is 12.1. The molecule has 0 fully saturated rings. The number of H-pyrrole nitrogens is 1. The van der Waals surface area contributed by atoms with Gasteiger partial charge in [0.15, 0.2) is 0 Å². The van der Waals surface area contributed by atoms with Crippen LogP contribution in [-0.4, -0.2) is 11.5 Å². The summed E-state index contributed by atoms with van der Waals surface area (Å²) < 4.78 is 0. The number of fused-ring (bicyclic) bond motifs is 1. The Labute approximate surface area is 130 Å². The zero-order valence-corrected chi connectivity index (χ0v) is 12.7. The highest BCUT2D eigenvalue weighted by molar-refractivity contribution is 5.79. The summed E-state index contributed by atoms with van der Waals surface area (Å²) in [6.07, 6.45) is 0.964. The standard InChI is InChI=1S/C19H20N2O/c1-14-7-8-18-16(11-14)12-17(19(22)21-18)13-20-10-9-15-5-3-2-4-6-15/h2-8,11-12,20H,9-10,13H2,1H3,(H,21,22). The van der Waals surface area contributed by atoms with E-state index in [1.54, 1.807) is 0 Å². The van der Waals surface area contributed by atoms with Crippen LogP contribution in [0.15, 0.2) is 59.4 Å². The third-order valence-corrected chi connectivity index (χ3v) is 3.83. The Bertz CT molecular complexity index is 822.